The second kappa shape index (κ2) is 5.87. The molecule has 0 aliphatic rings. The van der Waals surface area contributed by atoms with Crippen LogP contribution in [0.4, 0.5) is 13.2 Å². The standard InChI is InChI=1S/C8H16F3O3P/c1-3-5-6-15(12,13)14-7(4-2)8(9,10)11/h7H,3-6H2,1-2H3,(H,12,13)/p-1. The van der Waals surface area contributed by atoms with E-state index in [1.807, 2.05) is 0 Å². The second-order valence-corrected chi connectivity index (χ2v) is 5.11. The van der Waals surface area contributed by atoms with Crippen molar-refractivity contribution in [1.82, 2.24) is 0 Å². The van der Waals surface area contributed by atoms with Crippen LogP contribution in [0.15, 0.2) is 0 Å². The third kappa shape index (κ3) is 6.17. The van der Waals surface area contributed by atoms with Crippen LogP contribution >= 0.6 is 7.60 Å². The fourth-order valence-electron chi connectivity index (χ4n) is 0.964. The van der Waals surface area contributed by atoms with Crippen molar-refractivity contribution in [3.05, 3.63) is 0 Å². The highest BCUT2D eigenvalue weighted by Crippen LogP contribution is 2.43. The Hall–Kier alpha value is -0.0600. The number of rotatable bonds is 6. The quantitative estimate of drug-likeness (QED) is 0.678. The molecule has 0 spiro atoms. The van der Waals surface area contributed by atoms with Crippen LogP contribution in [0.5, 0.6) is 0 Å². The lowest BCUT2D eigenvalue weighted by molar-refractivity contribution is -0.238. The molecule has 0 aliphatic heterocycles. The molecule has 0 saturated carbocycles. The molecule has 0 bridgehead atoms. The van der Waals surface area contributed by atoms with Crippen LogP contribution in [0.2, 0.25) is 0 Å². The molecule has 0 aromatic heterocycles. The summed E-state index contributed by atoms with van der Waals surface area (Å²) in [6.45, 7) is 2.99. The summed E-state index contributed by atoms with van der Waals surface area (Å²) in [6, 6.07) is 0. The average molecular weight is 247 g/mol. The first-order valence-corrected chi connectivity index (χ1v) is 6.51. The number of alkyl halides is 3. The van der Waals surface area contributed by atoms with Crippen molar-refractivity contribution in [3.8, 4) is 0 Å². The zero-order valence-electron chi connectivity index (χ0n) is 8.71. The van der Waals surface area contributed by atoms with Gasteiger partial charge in [0.2, 0.25) is 0 Å². The minimum absolute atomic E-state index is 0.315. The molecule has 2 unspecified atom stereocenters. The number of hydrogen-bond acceptors (Lipinski definition) is 3. The molecular weight excluding hydrogens is 232 g/mol. The van der Waals surface area contributed by atoms with E-state index in [0.717, 1.165) is 0 Å². The molecule has 0 aliphatic carbocycles. The van der Waals surface area contributed by atoms with Crippen molar-refractivity contribution in [2.75, 3.05) is 6.16 Å². The second-order valence-electron chi connectivity index (χ2n) is 3.23. The minimum Gasteiger partial charge on any atom is -0.778 e. The fourth-order valence-corrected chi connectivity index (χ4v) is 2.43. The molecule has 15 heavy (non-hydrogen) atoms. The Kier molecular flexibility index (Phi) is 5.85. The van der Waals surface area contributed by atoms with Crippen molar-refractivity contribution >= 4 is 7.60 Å². The van der Waals surface area contributed by atoms with E-state index in [-0.39, 0.29) is 6.16 Å². The Balaban J connectivity index is 4.34. The maximum atomic E-state index is 12.2. The van der Waals surface area contributed by atoms with Crippen LogP contribution in [-0.2, 0) is 9.09 Å². The molecule has 0 fully saturated rings. The lowest BCUT2D eigenvalue weighted by Crippen LogP contribution is -2.32. The van der Waals surface area contributed by atoms with Gasteiger partial charge in [-0.25, -0.2) is 0 Å². The van der Waals surface area contributed by atoms with Crippen LogP contribution in [-0.4, -0.2) is 18.4 Å². The molecule has 7 heteroatoms. The topological polar surface area (TPSA) is 49.4 Å². The molecule has 0 saturated heterocycles. The maximum absolute atomic E-state index is 12.2. The third-order valence-electron chi connectivity index (χ3n) is 1.81. The van der Waals surface area contributed by atoms with E-state index >= 15 is 0 Å². The first kappa shape index (κ1) is 14.9. The molecule has 92 valence electrons. The van der Waals surface area contributed by atoms with Gasteiger partial charge in [0.05, 0.1) is 0 Å². The van der Waals surface area contributed by atoms with Crippen LogP contribution in [0.25, 0.3) is 0 Å². The normalized spacial score (nSPS) is 18.5. The van der Waals surface area contributed by atoms with E-state index in [2.05, 4.69) is 4.52 Å². The summed E-state index contributed by atoms with van der Waals surface area (Å²) < 4.78 is 51.8. The number of hydrogen-bond donors (Lipinski definition) is 0. The van der Waals surface area contributed by atoms with E-state index in [1.54, 1.807) is 6.92 Å². The Morgan fingerprint density at radius 3 is 2.27 bits per heavy atom. The molecule has 0 heterocycles. The van der Waals surface area contributed by atoms with Crippen molar-refractivity contribution in [2.24, 2.45) is 0 Å². The minimum atomic E-state index is -4.62. The van der Waals surface area contributed by atoms with Gasteiger partial charge < -0.3 is 14.0 Å². The maximum Gasteiger partial charge on any atom is 0.415 e. The first-order chi connectivity index (χ1) is 6.73. The van der Waals surface area contributed by atoms with Crippen LogP contribution in [0.1, 0.15) is 33.1 Å². The predicted molar refractivity (Wildman–Crippen MR) is 48.6 cm³/mol. The fraction of sp³-hybridized carbons (Fsp3) is 1.00. The van der Waals surface area contributed by atoms with Gasteiger partial charge in [0, 0.05) is 6.16 Å². The van der Waals surface area contributed by atoms with Crippen LogP contribution in [0, 0.1) is 0 Å². The zero-order chi connectivity index (χ0) is 12.1. The van der Waals surface area contributed by atoms with E-state index in [1.165, 1.54) is 6.92 Å². The lowest BCUT2D eigenvalue weighted by atomic mass is 10.3. The summed E-state index contributed by atoms with van der Waals surface area (Å²) in [5.41, 5.74) is 0. The van der Waals surface area contributed by atoms with Gasteiger partial charge in [0.25, 0.3) is 0 Å². The van der Waals surface area contributed by atoms with Gasteiger partial charge in [-0.15, -0.1) is 0 Å². The summed E-state index contributed by atoms with van der Waals surface area (Å²) in [5.74, 6) is 0. The monoisotopic (exact) mass is 247 g/mol. The van der Waals surface area contributed by atoms with Crippen LogP contribution < -0.4 is 4.89 Å². The summed E-state index contributed by atoms with van der Waals surface area (Å²) in [6.07, 6.45) is -6.66. The van der Waals surface area contributed by atoms with Gasteiger partial charge in [0.15, 0.2) is 6.10 Å². The lowest BCUT2D eigenvalue weighted by Gasteiger charge is -2.29. The van der Waals surface area contributed by atoms with Gasteiger partial charge >= 0.3 is 6.18 Å². The molecule has 2 atom stereocenters. The Morgan fingerprint density at radius 2 is 1.93 bits per heavy atom. The van der Waals surface area contributed by atoms with Crippen LogP contribution in [0.3, 0.4) is 0 Å². The van der Waals surface area contributed by atoms with Crippen molar-refractivity contribution < 1.29 is 27.2 Å². The number of unbranched alkanes of at least 4 members (excludes halogenated alkanes) is 1. The smallest absolute Gasteiger partial charge is 0.415 e. The summed E-state index contributed by atoms with van der Waals surface area (Å²) >= 11 is 0. The molecular formula is C8H15F3O3P-. The van der Waals surface area contributed by atoms with E-state index in [0.29, 0.717) is 12.8 Å². The summed E-state index contributed by atoms with van der Waals surface area (Å²) in [5, 5.41) is 0. The molecule has 0 N–H and O–H groups in total. The van der Waals surface area contributed by atoms with Gasteiger partial charge in [-0.1, -0.05) is 20.3 Å². The molecule has 0 aromatic rings. The predicted octanol–water partition coefficient (Wildman–Crippen LogP) is 2.70. The van der Waals surface area contributed by atoms with E-state index < -0.39 is 26.3 Å². The molecule has 0 radical (unpaired) electrons. The van der Waals surface area contributed by atoms with Crippen molar-refractivity contribution in [1.29, 1.82) is 0 Å². The summed E-state index contributed by atoms with van der Waals surface area (Å²) in [4.78, 5) is 11.1. The SMILES string of the molecule is CCCCP(=O)([O-])OC(CC)C(F)(F)F. The Bertz CT molecular complexity index is 230. The molecule has 0 rings (SSSR count). The zero-order valence-corrected chi connectivity index (χ0v) is 9.61. The Labute approximate surface area is 87.2 Å². The highest BCUT2D eigenvalue weighted by atomic mass is 31.2. The third-order valence-corrected chi connectivity index (χ3v) is 3.25. The largest absolute Gasteiger partial charge is 0.778 e. The highest BCUT2D eigenvalue weighted by Gasteiger charge is 2.41. The summed E-state index contributed by atoms with van der Waals surface area (Å²) in [7, 11) is -4.35. The van der Waals surface area contributed by atoms with Gasteiger partial charge in [0.1, 0.15) is 7.60 Å². The van der Waals surface area contributed by atoms with E-state index in [9.17, 15) is 22.6 Å². The average Bonchev–Trinajstić information content (AvgIpc) is 2.09. The Morgan fingerprint density at radius 1 is 1.40 bits per heavy atom. The van der Waals surface area contributed by atoms with Gasteiger partial charge in [-0.05, 0) is 12.8 Å². The van der Waals surface area contributed by atoms with Crippen molar-refractivity contribution in [3.63, 3.8) is 0 Å². The van der Waals surface area contributed by atoms with Gasteiger partial charge in [-0.3, -0.25) is 0 Å². The first-order valence-electron chi connectivity index (χ1n) is 4.78. The molecule has 3 nitrogen and oxygen atoms in total. The molecule has 0 aromatic carbocycles. The highest BCUT2D eigenvalue weighted by molar-refractivity contribution is 7.51. The van der Waals surface area contributed by atoms with Gasteiger partial charge in [-0.2, -0.15) is 13.2 Å². The van der Waals surface area contributed by atoms with E-state index in [4.69, 9.17) is 0 Å². The number of halogens is 3. The van der Waals surface area contributed by atoms with Crippen molar-refractivity contribution in [2.45, 2.75) is 45.4 Å². The molecule has 0 amide bonds.